The summed E-state index contributed by atoms with van der Waals surface area (Å²) in [5, 5.41) is 13.8. The average molecular weight is 363 g/mol. The molecule has 0 fully saturated rings. The Morgan fingerprint density at radius 1 is 1.27 bits per heavy atom. The number of nitrogens with one attached hydrogen (secondary N) is 1. The SMILES string of the molecule is COc1cc(C(=O)NCc2ncc(C(C)(C)C)o2)c([N+](=O)[O-])cc1OC. The van der Waals surface area contributed by atoms with E-state index in [0.717, 1.165) is 6.07 Å². The third-order valence-corrected chi connectivity index (χ3v) is 3.64. The molecule has 0 saturated heterocycles. The highest BCUT2D eigenvalue weighted by atomic mass is 16.6. The second kappa shape index (κ2) is 7.42. The zero-order valence-corrected chi connectivity index (χ0v) is 15.3. The highest BCUT2D eigenvalue weighted by Gasteiger charge is 2.25. The Hall–Kier alpha value is -3.10. The van der Waals surface area contributed by atoms with Gasteiger partial charge in [-0.1, -0.05) is 20.8 Å². The number of aromatic nitrogens is 1. The van der Waals surface area contributed by atoms with E-state index in [9.17, 15) is 14.9 Å². The molecule has 0 radical (unpaired) electrons. The molecule has 2 rings (SSSR count). The molecule has 140 valence electrons. The number of rotatable bonds is 6. The molecular weight excluding hydrogens is 342 g/mol. The minimum atomic E-state index is -0.653. The highest BCUT2D eigenvalue weighted by Crippen LogP contribution is 2.34. The van der Waals surface area contributed by atoms with Crippen LogP contribution >= 0.6 is 0 Å². The Labute approximate surface area is 150 Å². The molecular formula is C17H21N3O6. The van der Waals surface area contributed by atoms with E-state index < -0.39 is 10.8 Å². The first-order valence-electron chi connectivity index (χ1n) is 7.81. The lowest BCUT2D eigenvalue weighted by atomic mass is 9.94. The number of benzene rings is 1. The molecule has 9 nitrogen and oxygen atoms in total. The minimum Gasteiger partial charge on any atom is -0.493 e. The molecule has 0 aliphatic carbocycles. The molecule has 0 saturated carbocycles. The van der Waals surface area contributed by atoms with Crippen molar-refractivity contribution >= 4 is 11.6 Å². The summed E-state index contributed by atoms with van der Waals surface area (Å²) >= 11 is 0. The van der Waals surface area contributed by atoms with Gasteiger partial charge in [-0.15, -0.1) is 0 Å². The number of ether oxygens (including phenoxy) is 2. The van der Waals surface area contributed by atoms with Crippen LogP contribution in [0.3, 0.4) is 0 Å². The standard InChI is InChI=1S/C17H21N3O6/c1-17(2,3)14-8-18-15(26-14)9-19-16(21)10-6-12(24-4)13(25-5)7-11(10)20(22)23/h6-8H,9H2,1-5H3,(H,19,21). The summed E-state index contributed by atoms with van der Waals surface area (Å²) in [6, 6.07) is 2.42. The maximum Gasteiger partial charge on any atom is 0.286 e. The topological polar surface area (TPSA) is 117 Å². The van der Waals surface area contributed by atoms with Gasteiger partial charge in [-0.2, -0.15) is 0 Å². The number of oxazole rings is 1. The number of methoxy groups -OCH3 is 2. The van der Waals surface area contributed by atoms with E-state index in [1.807, 2.05) is 20.8 Å². The smallest absolute Gasteiger partial charge is 0.286 e. The van der Waals surface area contributed by atoms with Gasteiger partial charge in [0.15, 0.2) is 11.5 Å². The molecule has 1 aromatic heterocycles. The van der Waals surface area contributed by atoms with Gasteiger partial charge in [0.05, 0.1) is 38.0 Å². The summed E-state index contributed by atoms with van der Waals surface area (Å²) < 4.78 is 15.7. The van der Waals surface area contributed by atoms with Gasteiger partial charge in [-0.05, 0) is 0 Å². The number of carbonyl (C=O) groups is 1. The first kappa shape index (κ1) is 19.2. The van der Waals surface area contributed by atoms with Crippen molar-refractivity contribution in [3.8, 4) is 11.5 Å². The zero-order valence-electron chi connectivity index (χ0n) is 15.3. The van der Waals surface area contributed by atoms with Crippen molar-refractivity contribution < 1.29 is 23.6 Å². The first-order chi connectivity index (χ1) is 12.2. The fraction of sp³-hybridized carbons (Fsp3) is 0.412. The summed E-state index contributed by atoms with van der Waals surface area (Å²) in [7, 11) is 2.74. The van der Waals surface area contributed by atoms with E-state index in [1.54, 1.807) is 6.20 Å². The summed E-state index contributed by atoms with van der Waals surface area (Å²) in [5.74, 6) is 0.728. The molecule has 1 N–H and O–H groups in total. The van der Waals surface area contributed by atoms with Crippen molar-refractivity contribution in [3.05, 3.63) is 45.7 Å². The van der Waals surface area contributed by atoms with Crippen molar-refractivity contribution in [2.75, 3.05) is 14.2 Å². The molecule has 0 aliphatic rings. The van der Waals surface area contributed by atoms with Gasteiger partial charge >= 0.3 is 0 Å². The van der Waals surface area contributed by atoms with Crippen molar-refractivity contribution in [1.82, 2.24) is 10.3 Å². The Kier molecular flexibility index (Phi) is 5.49. The first-order valence-corrected chi connectivity index (χ1v) is 7.81. The molecule has 0 atom stereocenters. The predicted molar refractivity (Wildman–Crippen MR) is 92.6 cm³/mol. The third kappa shape index (κ3) is 4.11. The number of carbonyl (C=O) groups excluding carboxylic acids is 1. The Morgan fingerprint density at radius 3 is 2.38 bits per heavy atom. The van der Waals surface area contributed by atoms with Crippen molar-refractivity contribution in [2.24, 2.45) is 0 Å². The normalized spacial score (nSPS) is 11.1. The number of hydrogen-bond donors (Lipinski definition) is 1. The van der Waals surface area contributed by atoms with Gasteiger partial charge in [0.25, 0.3) is 11.6 Å². The van der Waals surface area contributed by atoms with Crippen LogP contribution in [0.2, 0.25) is 0 Å². The van der Waals surface area contributed by atoms with Crippen LogP contribution in [0.4, 0.5) is 5.69 Å². The highest BCUT2D eigenvalue weighted by molar-refractivity contribution is 5.99. The maximum absolute atomic E-state index is 12.4. The lowest BCUT2D eigenvalue weighted by molar-refractivity contribution is -0.385. The van der Waals surface area contributed by atoms with Crippen LogP contribution in [-0.2, 0) is 12.0 Å². The van der Waals surface area contributed by atoms with Crippen molar-refractivity contribution in [3.63, 3.8) is 0 Å². The lowest BCUT2D eigenvalue weighted by Crippen LogP contribution is -2.24. The summed E-state index contributed by atoms with van der Waals surface area (Å²) in [6.07, 6.45) is 1.60. The van der Waals surface area contributed by atoms with E-state index in [0.29, 0.717) is 11.7 Å². The Morgan fingerprint density at radius 2 is 1.88 bits per heavy atom. The summed E-state index contributed by atoms with van der Waals surface area (Å²) in [6.45, 7) is 5.93. The van der Waals surface area contributed by atoms with Crippen LogP contribution in [-0.4, -0.2) is 30.0 Å². The second-order valence-electron chi connectivity index (χ2n) is 6.53. The molecule has 0 bridgehead atoms. The van der Waals surface area contributed by atoms with Crippen LogP contribution in [0.15, 0.2) is 22.7 Å². The fourth-order valence-electron chi connectivity index (χ4n) is 2.19. The van der Waals surface area contributed by atoms with Crippen molar-refractivity contribution in [2.45, 2.75) is 32.7 Å². The van der Waals surface area contributed by atoms with E-state index >= 15 is 0 Å². The maximum atomic E-state index is 12.4. The fourth-order valence-corrected chi connectivity index (χ4v) is 2.19. The van der Waals surface area contributed by atoms with Crippen LogP contribution in [0.5, 0.6) is 11.5 Å². The molecule has 26 heavy (non-hydrogen) atoms. The second-order valence-corrected chi connectivity index (χ2v) is 6.53. The molecule has 0 aliphatic heterocycles. The number of nitrogens with zero attached hydrogens (tertiary/aromatic N) is 2. The summed E-state index contributed by atoms with van der Waals surface area (Å²) in [5.41, 5.74) is -0.740. The largest absolute Gasteiger partial charge is 0.493 e. The van der Waals surface area contributed by atoms with Gasteiger partial charge in [0.1, 0.15) is 11.3 Å². The van der Waals surface area contributed by atoms with Crippen LogP contribution in [0.25, 0.3) is 0 Å². The molecule has 2 aromatic rings. The number of nitro groups is 1. The van der Waals surface area contributed by atoms with Crippen LogP contribution < -0.4 is 14.8 Å². The number of nitro benzene ring substituents is 1. The van der Waals surface area contributed by atoms with Gasteiger partial charge in [-0.3, -0.25) is 14.9 Å². The van der Waals surface area contributed by atoms with E-state index in [4.69, 9.17) is 13.9 Å². The van der Waals surface area contributed by atoms with Gasteiger partial charge < -0.3 is 19.2 Å². The van der Waals surface area contributed by atoms with E-state index in [-0.39, 0.29) is 34.7 Å². The lowest BCUT2D eigenvalue weighted by Gasteiger charge is -2.13. The summed E-state index contributed by atoms with van der Waals surface area (Å²) in [4.78, 5) is 27.2. The molecule has 1 amide bonds. The zero-order chi connectivity index (χ0) is 19.5. The quantitative estimate of drug-likeness (QED) is 0.619. The van der Waals surface area contributed by atoms with Gasteiger partial charge in [0, 0.05) is 11.5 Å². The molecule has 9 heteroatoms. The number of hydrogen-bond acceptors (Lipinski definition) is 7. The van der Waals surface area contributed by atoms with E-state index in [2.05, 4.69) is 10.3 Å². The van der Waals surface area contributed by atoms with E-state index in [1.165, 1.54) is 20.3 Å². The van der Waals surface area contributed by atoms with Crippen LogP contribution in [0, 0.1) is 10.1 Å². The molecule has 0 spiro atoms. The molecule has 1 heterocycles. The van der Waals surface area contributed by atoms with Gasteiger partial charge in [0.2, 0.25) is 5.89 Å². The molecule has 0 unspecified atom stereocenters. The Balaban J connectivity index is 2.23. The van der Waals surface area contributed by atoms with Crippen molar-refractivity contribution in [1.29, 1.82) is 0 Å². The Bertz CT molecular complexity index is 822. The third-order valence-electron chi connectivity index (χ3n) is 3.64. The minimum absolute atomic E-state index is 0.000409. The monoisotopic (exact) mass is 363 g/mol. The number of amides is 1. The van der Waals surface area contributed by atoms with Gasteiger partial charge in [-0.25, -0.2) is 4.98 Å². The molecule has 1 aromatic carbocycles. The van der Waals surface area contributed by atoms with Crippen LogP contribution in [0.1, 0.15) is 42.8 Å². The predicted octanol–water partition coefficient (Wildman–Crippen LogP) is 2.83. The average Bonchev–Trinajstić information content (AvgIpc) is 3.07.